The van der Waals surface area contributed by atoms with Crippen molar-refractivity contribution in [3.05, 3.63) is 67.7 Å². The van der Waals surface area contributed by atoms with Crippen LogP contribution in [0.15, 0.2) is 42.5 Å². The Morgan fingerprint density at radius 2 is 1.71 bits per heavy atom. The lowest BCUT2D eigenvalue weighted by molar-refractivity contribution is -0.137. The van der Waals surface area contributed by atoms with Gasteiger partial charge in [0.15, 0.2) is 5.78 Å². The second-order valence-electron chi connectivity index (χ2n) is 4.42. The van der Waals surface area contributed by atoms with Crippen LogP contribution < -0.4 is 0 Å². The van der Waals surface area contributed by atoms with E-state index in [1.165, 1.54) is 12.1 Å². The number of rotatable bonds is 3. The van der Waals surface area contributed by atoms with Gasteiger partial charge in [-0.15, -0.1) is 0 Å². The average Bonchev–Trinajstić information content (AvgIpc) is 2.41. The Kier molecular flexibility index (Phi) is 4.93. The lowest BCUT2D eigenvalue weighted by Crippen LogP contribution is -2.06. The molecule has 6 heteroatoms. The highest BCUT2D eigenvalue weighted by Crippen LogP contribution is 2.29. The largest absolute Gasteiger partial charge is 0.416 e. The molecule has 0 atom stereocenters. The number of hydrogen-bond donors (Lipinski definition) is 0. The number of halogens is 5. The molecule has 0 N–H and O–H groups in total. The van der Waals surface area contributed by atoms with Crippen molar-refractivity contribution in [1.29, 1.82) is 0 Å². The van der Waals surface area contributed by atoms with Crippen LogP contribution in [0.2, 0.25) is 5.02 Å². The first-order chi connectivity index (χ1) is 9.77. The van der Waals surface area contributed by atoms with E-state index in [1.54, 1.807) is 18.2 Å². The van der Waals surface area contributed by atoms with E-state index < -0.39 is 11.7 Å². The number of benzene rings is 2. The second kappa shape index (κ2) is 6.36. The second-order valence-corrected chi connectivity index (χ2v) is 5.99. The summed E-state index contributed by atoms with van der Waals surface area (Å²) in [4.78, 5) is 12.1. The maximum absolute atomic E-state index is 12.4. The summed E-state index contributed by atoms with van der Waals surface area (Å²) in [5, 5.41) is 0.480. The van der Waals surface area contributed by atoms with Crippen LogP contribution in [0, 0.1) is 3.57 Å². The molecule has 0 spiro atoms. The minimum atomic E-state index is -4.37. The van der Waals surface area contributed by atoms with Gasteiger partial charge in [0.2, 0.25) is 0 Å². The molecule has 0 radical (unpaired) electrons. The summed E-state index contributed by atoms with van der Waals surface area (Å²) in [5.74, 6) is -0.187. The molecular formula is C15H9ClF3IO. The number of carbonyl (C=O) groups excluding carboxylic acids is 1. The van der Waals surface area contributed by atoms with Crippen LogP contribution in [0.5, 0.6) is 0 Å². The van der Waals surface area contributed by atoms with Crippen LogP contribution >= 0.6 is 34.2 Å². The van der Waals surface area contributed by atoms with Crippen molar-refractivity contribution in [3.63, 3.8) is 0 Å². The van der Waals surface area contributed by atoms with E-state index >= 15 is 0 Å². The fourth-order valence-electron chi connectivity index (χ4n) is 1.77. The molecule has 0 unspecified atom stereocenters. The minimum Gasteiger partial charge on any atom is -0.294 e. The molecule has 2 aromatic rings. The molecule has 0 heterocycles. The first kappa shape index (κ1) is 16.3. The standard InChI is InChI=1S/C15H9ClF3IO/c16-12-8-10(3-6-13(12)20)14(21)7-9-1-4-11(5-2-9)15(17,18)19/h1-6,8H,7H2. The van der Waals surface area contributed by atoms with E-state index in [-0.39, 0.29) is 12.2 Å². The number of Topliss-reactive ketones (excluding diaryl/α,β-unsaturated/α-hetero) is 1. The molecule has 0 fully saturated rings. The Morgan fingerprint density at radius 3 is 2.24 bits per heavy atom. The SMILES string of the molecule is O=C(Cc1ccc(C(F)(F)F)cc1)c1ccc(I)c(Cl)c1. The van der Waals surface area contributed by atoms with Crippen LogP contribution in [0.1, 0.15) is 21.5 Å². The zero-order valence-corrected chi connectivity index (χ0v) is 13.5. The number of ketones is 1. The summed E-state index contributed by atoms with van der Waals surface area (Å²) in [5.41, 5.74) is 0.249. The smallest absolute Gasteiger partial charge is 0.294 e. The third-order valence-corrected chi connectivity index (χ3v) is 4.46. The average molecular weight is 425 g/mol. The molecule has 0 aliphatic carbocycles. The summed E-state index contributed by atoms with van der Waals surface area (Å²) in [7, 11) is 0. The molecule has 0 amide bonds. The molecule has 0 saturated carbocycles. The molecule has 0 saturated heterocycles. The zero-order valence-electron chi connectivity index (χ0n) is 10.5. The van der Waals surface area contributed by atoms with Gasteiger partial charge >= 0.3 is 6.18 Å². The molecule has 0 aromatic heterocycles. The normalized spacial score (nSPS) is 11.5. The maximum Gasteiger partial charge on any atom is 0.416 e. The third kappa shape index (κ3) is 4.20. The van der Waals surface area contributed by atoms with E-state index in [4.69, 9.17) is 11.6 Å². The summed E-state index contributed by atoms with van der Waals surface area (Å²) < 4.78 is 38.2. The van der Waals surface area contributed by atoms with Crippen molar-refractivity contribution in [2.24, 2.45) is 0 Å². The van der Waals surface area contributed by atoms with Gasteiger partial charge in [0.05, 0.1) is 10.6 Å². The van der Waals surface area contributed by atoms with Crippen molar-refractivity contribution in [2.75, 3.05) is 0 Å². The Balaban J connectivity index is 2.14. The first-order valence-electron chi connectivity index (χ1n) is 5.92. The highest BCUT2D eigenvalue weighted by molar-refractivity contribution is 14.1. The molecule has 110 valence electrons. The summed E-state index contributed by atoms with van der Waals surface area (Å²) >= 11 is 8.00. The number of carbonyl (C=O) groups is 1. The molecule has 1 nitrogen and oxygen atoms in total. The molecule has 0 aliphatic rings. The molecule has 21 heavy (non-hydrogen) atoms. The monoisotopic (exact) mass is 424 g/mol. The van der Waals surface area contributed by atoms with Gasteiger partial charge in [-0.25, -0.2) is 0 Å². The highest BCUT2D eigenvalue weighted by Gasteiger charge is 2.29. The van der Waals surface area contributed by atoms with Crippen LogP contribution in [-0.2, 0) is 12.6 Å². The molecule has 0 aliphatic heterocycles. The third-order valence-electron chi connectivity index (χ3n) is 2.89. The van der Waals surface area contributed by atoms with Crippen molar-refractivity contribution in [3.8, 4) is 0 Å². The predicted octanol–water partition coefficient (Wildman–Crippen LogP) is 5.39. The Labute approximate surface area is 138 Å². The van der Waals surface area contributed by atoms with Gasteiger partial charge in [0.1, 0.15) is 0 Å². The zero-order chi connectivity index (χ0) is 15.6. The van der Waals surface area contributed by atoms with Gasteiger partial charge < -0.3 is 0 Å². The van der Waals surface area contributed by atoms with Crippen molar-refractivity contribution >= 4 is 40.0 Å². The van der Waals surface area contributed by atoms with Gasteiger partial charge in [-0.3, -0.25) is 4.79 Å². The quantitative estimate of drug-likeness (QED) is 0.477. The van der Waals surface area contributed by atoms with E-state index in [9.17, 15) is 18.0 Å². The Morgan fingerprint density at radius 1 is 1.10 bits per heavy atom. The number of hydrogen-bond acceptors (Lipinski definition) is 1. The van der Waals surface area contributed by atoms with E-state index in [1.807, 2.05) is 22.6 Å². The van der Waals surface area contributed by atoms with Crippen molar-refractivity contribution in [2.45, 2.75) is 12.6 Å². The van der Waals surface area contributed by atoms with E-state index in [0.29, 0.717) is 16.1 Å². The van der Waals surface area contributed by atoms with Crippen LogP contribution in [0.4, 0.5) is 13.2 Å². The van der Waals surface area contributed by atoms with E-state index in [2.05, 4.69) is 0 Å². The summed E-state index contributed by atoms with van der Waals surface area (Å²) in [6.07, 6.45) is -4.33. The van der Waals surface area contributed by atoms with Crippen molar-refractivity contribution in [1.82, 2.24) is 0 Å². The van der Waals surface area contributed by atoms with Gasteiger partial charge in [-0.05, 0) is 52.4 Å². The topological polar surface area (TPSA) is 17.1 Å². The Bertz CT molecular complexity index is 666. The van der Waals surface area contributed by atoms with Gasteiger partial charge in [-0.2, -0.15) is 13.2 Å². The van der Waals surface area contributed by atoms with Crippen LogP contribution in [0.3, 0.4) is 0 Å². The lowest BCUT2D eigenvalue weighted by Gasteiger charge is -2.07. The minimum absolute atomic E-state index is 0.0368. The maximum atomic E-state index is 12.4. The predicted molar refractivity (Wildman–Crippen MR) is 83.6 cm³/mol. The van der Waals surface area contributed by atoms with Crippen LogP contribution in [-0.4, -0.2) is 5.78 Å². The summed E-state index contributed by atoms with van der Waals surface area (Å²) in [6.45, 7) is 0. The van der Waals surface area contributed by atoms with Gasteiger partial charge in [0.25, 0.3) is 0 Å². The Hall–Kier alpha value is -1.08. The van der Waals surface area contributed by atoms with Crippen molar-refractivity contribution < 1.29 is 18.0 Å². The molecule has 2 rings (SSSR count). The number of alkyl halides is 3. The molecule has 0 bridgehead atoms. The molecule has 2 aromatic carbocycles. The highest BCUT2D eigenvalue weighted by atomic mass is 127. The first-order valence-corrected chi connectivity index (χ1v) is 7.37. The van der Waals surface area contributed by atoms with Gasteiger partial charge in [0, 0.05) is 15.6 Å². The summed E-state index contributed by atoms with van der Waals surface area (Å²) in [6, 6.07) is 9.52. The lowest BCUT2D eigenvalue weighted by atomic mass is 10.0. The van der Waals surface area contributed by atoms with Gasteiger partial charge in [-0.1, -0.05) is 29.8 Å². The fourth-order valence-corrected chi connectivity index (χ4v) is 2.28. The fraction of sp³-hybridized carbons (Fsp3) is 0.133. The van der Waals surface area contributed by atoms with Crippen LogP contribution in [0.25, 0.3) is 0 Å². The van der Waals surface area contributed by atoms with E-state index in [0.717, 1.165) is 15.7 Å². The molecular weight excluding hydrogens is 416 g/mol.